The highest BCUT2D eigenvalue weighted by atomic mass is 32.1. The van der Waals surface area contributed by atoms with E-state index in [0.717, 1.165) is 55.1 Å². The van der Waals surface area contributed by atoms with Crippen LogP contribution in [-0.4, -0.2) is 48.6 Å². The zero-order chi connectivity index (χ0) is 18.8. The van der Waals surface area contributed by atoms with Crippen molar-refractivity contribution in [3.63, 3.8) is 0 Å². The van der Waals surface area contributed by atoms with Gasteiger partial charge in [0.2, 0.25) is 0 Å². The predicted molar refractivity (Wildman–Crippen MR) is 104 cm³/mol. The number of aromatic amines is 1. The smallest absolute Gasteiger partial charge is 0.274 e. The first-order valence-corrected chi connectivity index (χ1v) is 10.3. The molecule has 0 radical (unpaired) electrons. The van der Waals surface area contributed by atoms with Crippen LogP contribution >= 0.6 is 11.3 Å². The van der Waals surface area contributed by atoms with E-state index in [0.29, 0.717) is 12.2 Å². The summed E-state index contributed by atoms with van der Waals surface area (Å²) in [4.78, 5) is 23.9. The van der Waals surface area contributed by atoms with E-state index in [-0.39, 0.29) is 11.8 Å². The van der Waals surface area contributed by atoms with Crippen molar-refractivity contribution >= 4 is 17.2 Å². The summed E-state index contributed by atoms with van der Waals surface area (Å²) in [5, 5.41) is 9.33. The number of rotatable bonds is 5. The molecular weight excluding hydrogens is 360 g/mol. The van der Waals surface area contributed by atoms with Crippen LogP contribution in [0.2, 0.25) is 0 Å². The molecule has 0 aromatic carbocycles. The molecule has 0 aliphatic carbocycles. The van der Waals surface area contributed by atoms with Gasteiger partial charge in [-0.05, 0) is 26.2 Å². The molecule has 8 heteroatoms. The molecule has 1 fully saturated rings. The van der Waals surface area contributed by atoms with Gasteiger partial charge in [-0.2, -0.15) is 5.10 Å². The second-order valence-electron chi connectivity index (χ2n) is 7.01. The SMILES string of the molecule is CCc1[nH]nc(C(=O)N2CCC[C@@H](c3nccn3Cc3cscn3)C2)c1C. The quantitative estimate of drug-likeness (QED) is 0.733. The Morgan fingerprint density at radius 3 is 3.04 bits per heavy atom. The second kappa shape index (κ2) is 7.64. The van der Waals surface area contributed by atoms with E-state index < -0.39 is 0 Å². The molecule has 0 spiro atoms. The molecule has 1 amide bonds. The minimum absolute atomic E-state index is 0.0192. The first-order valence-electron chi connectivity index (χ1n) is 9.38. The number of thiazole rings is 1. The van der Waals surface area contributed by atoms with E-state index >= 15 is 0 Å². The van der Waals surface area contributed by atoms with Gasteiger partial charge in [-0.25, -0.2) is 9.97 Å². The molecule has 0 bridgehead atoms. The number of hydrogen-bond acceptors (Lipinski definition) is 5. The van der Waals surface area contributed by atoms with Gasteiger partial charge in [-0.15, -0.1) is 11.3 Å². The molecule has 4 heterocycles. The summed E-state index contributed by atoms with van der Waals surface area (Å²) in [5.74, 6) is 1.29. The lowest BCUT2D eigenvalue weighted by Crippen LogP contribution is -2.40. The fraction of sp³-hybridized carbons (Fsp3) is 0.474. The molecule has 142 valence electrons. The highest BCUT2D eigenvalue weighted by Crippen LogP contribution is 2.27. The summed E-state index contributed by atoms with van der Waals surface area (Å²) >= 11 is 1.60. The summed E-state index contributed by atoms with van der Waals surface area (Å²) in [7, 11) is 0. The standard InChI is InChI=1S/C19H24N6OS/c1-3-16-13(2)17(23-22-16)19(26)25-7-4-5-14(9-25)18-20-6-8-24(18)10-15-11-27-12-21-15/h6,8,11-12,14H,3-5,7,9-10H2,1-2H3,(H,22,23)/t14-/m1/s1. The van der Waals surface area contributed by atoms with Gasteiger partial charge in [-0.1, -0.05) is 6.92 Å². The summed E-state index contributed by atoms with van der Waals surface area (Å²) in [5.41, 5.74) is 5.45. The molecule has 1 saturated heterocycles. The summed E-state index contributed by atoms with van der Waals surface area (Å²) in [6.45, 7) is 6.21. The van der Waals surface area contributed by atoms with Crippen LogP contribution < -0.4 is 0 Å². The van der Waals surface area contributed by atoms with Crippen LogP contribution in [0.15, 0.2) is 23.3 Å². The van der Waals surface area contributed by atoms with Crippen LogP contribution in [0.25, 0.3) is 0 Å². The largest absolute Gasteiger partial charge is 0.337 e. The number of nitrogens with zero attached hydrogens (tertiary/aromatic N) is 5. The van der Waals surface area contributed by atoms with E-state index in [1.165, 1.54) is 0 Å². The normalized spacial score (nSPS) is 17.4. The number of H-pyrrole nitrogens is 1. The Morgan fingerprint density at radius 2 is 2.30 bits per heavy atom. The van der Waals surface area contributed by atoms with Crippen LogP contribution in [0.3, 0.4) is 0 Å². The number of imidazole rings is 1. The molecule has 27 heavy (non-hydrogen) atoms. The van der Waals surface area contributed by atoms with Gasteiger partial charge in [0.1, 0.15) is 5.82 Å². The van der Waals surface area contributed by atoms with Gasteiger partial charge in [0.25, 0.3) is 5.91 Å². The van der Waals surface area contributed by atoms with Gasteiger partial charge in [0, 0.05) is 48.0 Å². The molecule has 4 rings (SSSR count). The topological polar surface area (TPSA) is 79.7 Å². The first-order chi connectivity index (χ1) is 13.2. The average molecular weight is 385 g/mol. The lowest BCUT2D eigenvalue weighted by molar-refractivity contribution is 0.0696. The molecule has 0 saturated carbocycles. The van der Waals surface area contributed by atoms with Crippen LogP contribution in [0, 0.1) is 6.92 Å². The van der Waals surface area contributed by atoms with Crippen molar-refractivity contribution in [1.82, 2.24) is 29.6 Å². The fourth-order valence-electron chi connectivity index (χ4n) is 3.81. The summed E-state index contributed by atoms with van der Waals surface area (Å²) in [6, 6.07) is 0. The predicted octanol–water partition coefficient (Wildman–Crippen LogP) is 3.00. The zero-order valence-corrected chi connectivity index (χ0v) is 16.5. The van der Waals surface area contributed by atoms with Gasteiger partial charge in [0.05, 0.1) is 17.7 Å². The summed E-state index contributed by atoms with van der Waals surface area (Å²) < 4.78 is 2.16. The van der Waals surface area contributed by atoms with Crippen molar-refractivity contribution in [1.29, 1.82) is 0 Å². The third-order valence-electron chi connectivity index (χ3n) is 5.30. The lowest BCUT2D eigenvalue weighted by Gasteiger charge is -2.32. The monoisotopic (exact) mass is 384 g/mol. The number of likely N-dealkylation sites (tertiary alicyclic amines) is 1. The Kier molecular flexibility index (Phi) is 5.07. The Balaban J connectivity index is 1.51. The van der Waals surface area contributed by atoms with Gasteiger partial charge < -0.3 is 9.47 Å². The minimum atomic E-state index is 0.0192. The maximum Gasteiger partial charge on any atom is 0.274 e. The van der Waals surface area contributed by atoms with Crippen LogP contribution in [0.4, 0.5) is 0 Å². The van der Waals surface area contributed by atoms with Crippen molar-refractivity contribution in [3.8, 4) is 0 Å². The zero-order valence-electron chi connectivity index (χ0n) is 15.7. The number of amides is 1. The second-order valence-corrected chi connectivity index (χ2v) is 7.73. The Morgan fingerprint density at radius 1 is 1.41 bits per heavy atom. The van der Waals surface area contributed by atoms with E-state index in [9.17, 15) is 4.79 Å². The number of nitrogens with one attached hydrogen (secondary N) is 1. The molecule has 7 nitrogen and oxygen atoms in total. The Bertz CT molecular complexity index is 913. The van der Waals surface area contributed by atoms with E-state index in [1.54, 1.807) is 11.3 Å². The van der Waals surface area contributed by atoms with E-state index in [1.807, 2.05) is 29.7 Å². The third-order valence-corrected chi connectivity index (χ3v) is 5.94. The number of hydrogen-bond donors (Lipinski definition) is 1. The number of piperidine rings is 1. The molecule has 3 aromatic heterocycles. The molecule has 0 unspecified atom stereocenters. The molecule has 1 atom stereocenters. The Hall–Kier alpha value is -2.48. The third kappa shape index (κ3) is 3.53. The highest BCUT2D eigenvalue weighted by molar-refractivity contribution is 7.07. The van der Waals surface area contributed by atoms with Gasteiger partial charge in [0.15, 0.2) is 5.69 Å². The van der Waals surface area contributed by atoms with Crippen LogP contribution in [0.5, 0.6) is 0 Å². The van der Waals surface area contributed by atoms with Crippen molar-refractivity contribution < 1.29 is 4.79 Å². The van der Waals surface area contributed by atoms with Crippen molar-refractivity contribution in [2.75, 3.05) is 13.1 Å². The number of aromatic nitrogens is 5. The maximum absolute atomic E-state index is 13.0. The van der Waals surface area contributed by atoms with Crippen LogP contribution in [0.1, 0.15) is 58.9 Å². The number of carbonyl (C=O) groups is 1. The van der Waals surface area contributed by atoms with E-state index in [4.69, 9.17) is 0 Å². The van der Waals surface area contributed by atoms with Crippen molar-refractivity contribution in [2.45, 2.75) is 45.6 Å². The van der Waals surface area contributed by atoms with E-state index in [2.05, 4.69) is 37.0 Å². The van der Waals surface area contributed by atoms with Crippen LogP contribution in [-0.2, 0) is 13.0 Å². The van der Waals surface area contributed by atoms with Crippen molar-refractivity contribution in [3.05, 3.63) is 51.8 Å². The maximum atomic E-state index is 13.0. The van der Waals surface area contributed by atoms with Gasteiger partial charge in [-0.3, -0.25) is 9.89 Å². The first kappa shape index (κ1) is 17.9. The molecule has 1 N–H and O–H groups in total. The molecule has 3 aromatic rings. The minimum Gasteiger partial charge on any atom is -0.337 e. The molecule has 1 aliphatic heterocycles. The van der Waals surface area contributed by atoms with Crippen molar-refractivity contribution in [2.24, 2.45) is 0 Å². The fourth-order valence-corrected chi connectivity index (χ4v) is 4.36. The van der Waals surface area contributed by atoms with Gasteiger partial charge >= 0.3 is 0 Å². The molecular formula is C19H24N6OS. The Labute approximate surface area is 162 Å². The number of carbonyl (C=O) groups excluding carboxylic acids is 1. The lowest BCUT2D eigenvalue weighted by atomic mass is 9.96. The molecule has 1 aliphatic rings. The summed E-state index contributed by atoms with van der Waals surface area (Å²) in [6.07, 6.45) is 6.71. The average Bonchev–Trinajstić information content (AvgIpc) is 3.43. The number of aryl methyl sites for hydroxylation is 1. The highest BCUT2D eigenvalue weighted by Gasteiger charge is 2.30.